The number of carbonyl (C=O) groups is 2. The molecular weight excluding hydrogens is 451 g/mol. The topological polar surface area (TPSA) is 67.2 Å². The summed E-state index contributed by atoms with van der Waals surface area (Å²) in [7, 11) is 1.59. The van der Waals surface area contributed by atoms with E-state index in [0.29, 0.717) is 18.7 Å². The van der Waals surface area contributed by atoms with Crippen LogP contribution in [0.1, 0.15) is 36.6 Å². The molecule has 0 bridgehead atoms. The molecule has 6 nitrogen and oxygen atoms in total. The molecule has 172 valence electrons. The van der Waals surface area contributed by atoms with Crippen molar-refractivity contribution < 1.29 is 14.0 Å². The Bertz CT molecular complexity index is 1010. The first-order valence-electron chi connectivity index (χ1n) is 10.6. The zero-order chi connectivity index (χ0) is 22.0. The lowest BCUT2D eigenvalue weighted by Crippen LogP contribution is -2.42. The van der Waals surface area contributed by atoms with Gasteiger partial charge in [-0.2, -0.15) is 17.7 Å². The van der Waals surface area contributed by atoms with Gasteiger partial charge in [-0.15, -0.1) is 12.4 Å². The molecule has 1 aromatic heterocycles. The fourth-order valence-electron chi connectivity index (χ4n) is 4.03. The van der Waals surface area contributed by atoms with Crippen molar-refractivity contribution in [1.29, 1.82) is 0 Å². The molecule has 1 amide bonds. The van der Waals surface area contributed by atoms with Gasteiger partial charge in [-0.1, -0.05) is 18.2 Å². The molecule has 2 heterocycles. The van der Waals surface area contributed by atoms with E-state index in [2.05, 4.69) is 15.3 Å². The summed E-state index contributed by atoms with van der Waals surface area (Å²) in [6.07, 6.45) is 6.26. The number of halogens is 2. The van der Waals surface area contributed by atoms with Crippen molar-refractivity contribution >= 4 is 42.8 Å². The quantitative estimate of drug-likeness (QED) is 0.599. The summed E-state index contributed by atoms with van der Waals surface area (Å²) in [5.41, 5.74) is 2.21. The number of amides is 1. The van der Waals surface area contributed by atoms with Crippen molar-refractivity contribution in [3.8, 4) is 0 Å². The van der Waals surface area contributed by atoms with Gasteiger partial charge in [-0.3, -0.25) is 19.2 Å². The van der Waals surface area contributed by atoms with E-state index >= 15 is 0 Å². The highest BCUT2D eigenvalue weighted by atomic mass is 35.5. The van der Waals surface area contributed by atoms with Crippen LogP contribution in [-0.4, -0.2) is 51.8 Å². The van der Waals surface area contributed by atoms with E-state index < -0.39 is 6.04 Å². The molecule has 1 saturated heterocycles. The lowest BCUT2D eigenvalue weighted by molar-refractivity contribution is -0.126. The van der Waals surface area contributed by atoms with Crippen LogP contribution in [0.4, 0.5) is 4.39 Å². The van der Waals surface area contributed by atoms with Crippen molar-refractivity contribution in [3.05, 3.63) is 59.2 Å². The predicted molar refractivity (Wildman–Crippen MR) is 127 cm³/mol. The first-order chi connectivity index (χ1) is 15.0. The van der Waals surface area contributed by atoms with Crippen LogP contribution >= 0.6 is 25.0 Å². The molecule has 2 aromatic rings. The number of hydrogen-bond donors (Lipinski definition) is 2. The van der Waals surface area contributed by atoms with Crippen LogP contribution in [0.25, 0.3) is 6.08 Å². The van der Waals surface area contributed by atoms with Crippen LogP contribution in [0.15, 0.2) is 42.1 Å². The number of piperidine rings is 1. The SMILES string of the molecule is CNC(=O)Cn1ccc(/C=C2\CN(C(C(=O)C3CC3)c3ccccc3F)CCC2S)n1.Cl. The molecule has 0 radical (unpaired) electrons. The van der Waals surface area contributed by atoms with Crippen LogP contribution in [0.5, 0.6) is 0 Å². The van der Waals surface area contributed by atoms with Gasteiger partial charge in [0.1, 0.15) is 12.4 Å². The lowest BCUT2D eigenvalue weighted by Gasteiger charge is -2.37. The van der Waals surface area contributed by atoms with Gasteiger partial charge in [0, 0.05) is 43.1 Å². The number of nitrogens with zero attached hydrogens (tertiary/aromatic N) is 3. The number of ketones is 1. The predicted octanol–water partition coefficient (Wildman–Crippen LogP) is 3.30. The van der Waals surface area contributed by atoms with Gasteiger partial charge in [-0.25, -0.2) is 4.39 Å². The van der Waals surface area contributed by atoms with E-state index in [1.54, 1.807) is 36.1 Å². The molecular formula is C23H28ClFN4O2S. The number of hydrogen-bond acceptors (Lipinski definition) is 5. The monoisotopic (exact) mass is 478 g/mol. The number of carbonyl (C=O) groups excluding carboxylic acids is 2. The molecule has 9 heteroatoms. The fourth-order valence-corrected chi connectivity index (χ4v) is 4.30. The Hall–Kier alpha value is -2.16. The van der Waals surface area contributed by atoms with Crippen LogP contribution in [0.3, 0.4) is 0 Å². The summed E-state index contributed by atoms with van der Waals surface area (Å²) >= 11 is 4.73. The third kappa shape index (κ3) is 5.60. The molecule has 4 rings (SSSR count). The maximum Gasteiger partial charge on any atom is 0.241 e. The normalized spacial score (nSPS) is 21.1. The molecule has 1 N–H and O–H groups in total. The van der Waals surface area contributed by atoms with E-state index in [0.717, 1.165) is 30.5 Å². The van der Waals surface area contributed by atoms with Crippen molar-refractivity contribution in [2.45, 2.75) is 37.1 Å². The molecule has 2 atom stereocenters. The van der Waals surface area contributed by atoms with Crippen molar-refractivity contribution in [3.63, 3.8) is 0 Å². The van der Waals surface area contributed by atoms with Crippen LogP contribution in [-0.2, 0) is 16.1 Å². The minimum absolute atomic E-state index is 0. The van der Waals surface area contributed by atoms with E-state index in [-0.39, 0.29) is 47.6 Å². The lowest BCUT2D eigenvalue weighted by atomic mass is 9.93. The molecule has 32 heavy (non-hydrogen) atoms. The second-order valence-corrected chi connectivity index (χ2v) is 8.83. The maximum atomic E-state index is 14.6. The summed E-state index contributed by atoms with van der Waals surface area (Å²) in [6, 6.07) is 7.84. The van der Waals surface area contributed by atoms with Crippen molar-refractivity contribution in [2.24, 2.45) is 5.92 Å². The number of benzene rings is 1. The molecule has 1 aliphatic heterocycles. The number of nitrogens with one attached hydrogen (secondary N) is 1. The molecule has 2 fully saturated rings. The Morgan fingerprint density at radius 2 is 2.03 bits per heavy atom. The van der Waals surface area contributed by atoms with Gasteiger partial charge in [-0.05, 0) is 43.0 Å². The Kier molecular flexibility index (Phi) is 8.14. The number of likely N-dealkylation sites (N-methyl/N-ethyl adjacent to an activating group) is 1. The number of thiol groups is 1. The minimum Gasteiger partial charge on any atom is -0.358 e. The summed E-state index contributed by atoms with van der Waals surface area (Å²) in [4.78, 5) is 26.8. The second-order valence-electron chi connectivity index (χ2n) is 8.21. The molecule has 1 aromatic carbocycles. The first kappa shape index (κ1) is 24.5. The summed E-state index contributed by atoms with van der Waals surface area (Å²) < 4.78 is 16.2. The van der Waals surface area contributed by atoms with Gasteiger partial charge < -0.3 is 5.32 Å². The molecule has 0 spiro atoms. The molecule has 1 aliphatic carbocycles. The van der Waals surface area contributed by atoms with Gasteiger partial charge in [0.05, 0.1) is 11.7 Å². The summed E-state index contributed by atoms with van der Waals surface area (Å²) in [6.45, 7) is 1.35. The maximum absolute atomic E-state index is 14.6. The van der Waals surface area contributed by atoms with Gasteiger partial charge in [0.2, 0.25) is 5.91 Å². The summed E-state index contributed by atoms with van der Waals surface area (Å²) in [5.74, 6) is -0.319. The molecule has 1 saturated carbocycles. The van der Waals surface area contributed by atoms with Gasteiger partial charge in [0.25, 0.3) is 0 Å². The number of aromatic nitrogens is 2. The highest BCUT2D eigenvalue weighted by Crippen LogP contribution is 2.39. The number of likely N-dealkylation sites (tertiary alicyclic amines) is 1. The highest BCUT2D eigenvalue weighted by molar-refractivity contribution is 7.81. The molecule has 2 aliphatic rings. The summed E-state index contributed by atoms with van der Waals surface area (Å²) in [5, 5.41) is 7.06. The van der Waals surface area contributed by atoms with E-state index in [9.17, 15) is 14.0 Å². The van der Waals surface area contributed by atoms with E-state index in [1.807, 2.05) is 12.1 Å². The zero-order valence-corrected chi connectivity index (χ0v) is 19.6. The Morgan fingerprint density at radius 1 is 1.28 bits per heavy atom. The second kappa shape index (κ2) is 10.6. The third-order valence-electron chi connectivity index (χ3n) is 5.90. The van der Waals surface area contributed by atoms with Crippen LogP contribution in [0, 0.1) is 11.7 Å². The third-order valence-corrected chi connectivity index (χ3v) is 6.49. The Morgan fingerprint density at radius 3 is 2.72 bits per heavy atom. The van der Waals surface area contributed by atoms with Crippen molar-refractivity contribution in [1.82, 2.24) is 20.0 Å². The van der Waals surface area contributed by atoms with Crippen molar-refractivity contribution in [2.75, 3.05) is 20.1 Å². The van der Waals surface area contributed by atoms with E-state index in [1.165, 1.54) is 6.07 Å². The van der Waals surface area contributed by atoms with Gasteiger partial charge in [0.15, 0.2) is 5.78 Å². The standard InChI is InChI=1S/C23H27FN4O2S.ClH/c1-25-21(29)14-28-11-8-17(26-28)12-16-13-27(10-9-20(16)31)22(23(30)15-6-7-15)18-4-2-3-5-19(18)24;/h2-5,8,11-12,15,20,22,31H,6-7,9-10,13-14H2,1H3,(H,25,29);1H/b16-12+;. The largest absolute Gasteiger partial charge is 0.358 e. The first-order valence-corrected chi connectivity index (χ1v) is 11.1. The number of rotatable bonds is 7. The number of Topliss-reactive ketones (excluding diaryl/α,β-unsaturated/α-hetero) is 1. The smallest absolute Gasteiger partial charge is 0.241 e. The van der Waals surface area contributed by atoms with Gasteiger partial charge >= 0.3 is 0 Å². The minimum atomic E-state index is -0.580. The zero-order valence-electron chi connectivity index (χ0n) is 17.9. The average molecular weight is 479 g/mol. The Labute approximate surface area is 199 Å². The molecule has 2 unspecified atom stereocenters. The highest BCUT2D eigenvalue weighted by Gasteiger charge is 2.40. The van der Waals surface area contributed by atoms with Crippen LogP contribution < -0.4 is 5.32 Å². The van der Waals surface area contributed by atoms with Crippen LogP contribution in [0.2, 0.25) is 0 Å². The fraction of sp³-hybridized carbons (Fsp3) is 0.435. The van der Waals surface area contributed by atoms with E-state index in [4.69, 9.17) is 12.6 Å². The Balaban J connectivity index is 0.00000289. The average Bonchev–Trinajstić information content (AvgIpc) is 3.53.